The molecule has 1 fully saturated rings. The zero-order valence-corrected chi connectivity index (χ0v) is 9.88. The lowest BCUT2D eigenvalue weighted by molar-refractivity contribution is -0.0740. The first kappa shape index (κ1) is 12.0. The van der Waals surface area contributed by atoms with Crippen LogP contribution in [0.4, 0.5) is 0 Å². The lowest BCUT2D eigenvalue weighted by atomic mass is 9.69. The largest absolute Gasteiger partial charge is 0.393 e. The van der Waals surface area contributed by atoms with Crippen molar-refractivity contribution >= 4 is 0 Å². The number of aliphatic hydroxyl groups is 2. The van der Waals surface area contributed by atoms with Crippen molar-refractivity contribution in [3.05, 3.63) is 0 Å². The molecule has 1 saturated carbocycles. The van der Waals surface area contributed by atoms with E-state index in [0.29, 0.717) is 12.3 Å². The second-order valence-corrected chi connectivity index (χ2v) is 5.91. The second kappa shape index (κ2) is 3.82. The van der Waals surface area contributed by atoms with E-state index >= 15 is 0 Å². The van der Waals surface area contributed by atoms with E-state index in [-0.39, 0.29) is 11.5 Å². The predicted molar refractivity (Wildman–Crippen MR) is 58.0 cm³/mol. The van der Waals surface area contributed by atoms with Gasteiger partial charge in [-0.1, -0.05) is 20.3 Å². The zero-order valence-electron chi connectivity index (χ0n) is 9.88. The van der Waals surface area contributed by atoms with Gasteiger partial charge in [0.25, 0.3) is 0 Å². The van der Waals surface area contributed by atoms with Crippen LogP contribution in [0.1, 0.15) is 53.4 Å². The van der Waals surface area contributed by atoms with Gasteiger partial charge in [-0.15, -0.1) is 0 Å². The molecule has 0 aromatic carbocycles. The summed E-state index contributed by atoms with van der Waals surface area (Å²) in [5.74, 6) is 0.483. The Hall–Kier alpha value is -0.0800. The lowest BCUT2D eigenvalue weighted by Gasteiger charge is -2.41. The first-order valence-corrected chi connectivity index (χ1v) is 5.64. The van der Waals surface area contributed by atoms with Crippen LogP contribution in [0, 0.1) is 11.3 Å². The maximum absolute atomic E-state index is 9.96. The highest BCUT2D eigenvalue weighted by Crippen LogP contribution is 2.40. The first-order valence-electron chi connectivity index (χ1n) is 5.64. The molecule has 1 rings (SSSR count). The molecule has 84 valence electrons. The third kappa shape index (κ3) is 2.48. The van der Waals surface area contributed by atoms with Crippen molar-refractivity contribution in [2.24, 2.45) is 11.3 Å². The van der Waals surface area contributed by atoms with Gasteiger partial charge in [-0.2, -0.15) is 0 Å². The summed E-state index contributed by atoms with van der Waals surface area (Å²) in [5.41, 5.74) is -0.945. The van der Waals surface area contributed by atoms with E-state index < -0.39 is 5.60 Å². The van der Waals surface area contributed by atoms with Gasteiger partial charge in [0.15, 0.2) is 0 Å². The van der Waals surface area contributed by atoms with Crippen LogP contribution in [0.25, 0.3) is 0 Å². The maximum atomic E-state index is 9.96. The van der Waals surface area contributed by atoms with Gasteiger partial charge in [0, 0.05) is 0 Å². The standard InChI is InChI=1S/C12H24O2/c1-11(2,12(3,4)14)8-10(13)9-6-5-7-9/h9-10,13-14H,5-8H2,1-4H3. The van der Waals surface area contributed by atoms with Gasteiger partial charge in [-0.25, -0.2) is 0 Å². The van der Waals surface area contributed by atoms with Crippen molar-refractivity contribution in [2.75, 3.05) is 0 Å². The van der Waals surface area contributed by atoms with Gasteiger partial charge in [0.2, 0.25) is 0 Å². The Kier molecular flexibility index (Phi) is 3.27. The Morgan fingerprint density at radius 3 is 2.00 bits per heavy atom. The van der Waals surface area contributed by atoms with E-state index in [4.69, 9.17) is 0 Å². The van der Waals surface area contributed by atoms with Crippen LogP contribution in [0.15, 0.2) is 0 Å². The Morgan fingerprint density at radius 1 is 1.21 bits per heavy atom. The van der Waals surface area contributed by atoms with Crippen LogP contribution in [-0.2, 0) is 0 Å². The quantitative estimate of drug-likeness (QED) is 0.731. The third-order valence-corrected chi connectivity index (χ3v) is 4.07. The molecular weight excluding hydrogens is 176 g/mol. The summed E-state index contributed by atoms with van der Waals surface area (Å²) in [6.07, 6.45) is 4.03. The molecule has 0 heterocycles. The number of hydrogen-bond acceptors (Lipinski definition) is 2. The molecule has 0 radical (unpaired) electrons. The summed E-state index contributed by atoms with van der Waals surface area (Å²) in [5, 5.41) is 19.9. The van der Waals surface area contributed by atoms with E-state index in [0.717, 1.165) is 12.8 Å². The average Bonchev–Trinajstić information content (AvgIpc) is 1.76. The van der Waals surface area contributed by atoms with Crippen LogP contribution < -0.4 is 0 Å². The predicted octanol–water partition coefficient (Wildman–Crippen LogP) is 2.33. The minimum absolute atomic E-state index is 0.220. The minimum Gasteiger partial charge on any atom is -0.393 e. The van der Waals surface area contributed by atoms with Crippen molar-refractivity contribution < 1.29 is 10.2 Å². The molecule has 1 aliphatic carbocycles. The highest BCUT2D eigenvalue weighted by atomic mass is 16.3. The number of hydrogen-bond donors (Lipinski definition) is 2. The molecular formula is C12H24O2. The molecule has 14 heavy (non-hydrogen) atoms. The topological polar surface area (TPSA) is 40.5 Å². The molecule has 0 amide bonds. The summed E-state index contributed by atoms with van der Waals surface area (Å²) < 4.78 is 0. The summed E-state index contributed by atoms with van der Waals surface area (Å²) in [6, 6.07) is 0. The highest BCUT2D eigenvalue weighted by molar-refractivity contribution is 4.90. The molecule has 0 aromatic rings. The van der Waals surface area contributed by atoms with E-state index in [1.54, 1.807) is 0 Å². The molecule has 0 spiro atoms. The third-order valence-electron chi connectivity index (χ3n) is 4.07. The summed E-state index contributed by atoms with van der Waals surface area (Å²) in [6.45, 7) is 7.69. The number of aliphatic hydroxyl groups excluding tert-OH is 1. The molecule has 0 aromatic heterocycles. The molecule has 2 heteroatoms. The van der Waals surface area contributed by atoms with E-state index in [2.05, 4.69) is 0 Å². The fourth-order valence-corrected chi connectivity index (χ4v) is 1.76. The Bertz CT molecular complexity index is 187. The van der Waals surface area contributed by atoms with E-state index in [9.17, 15) is 10.2 Å². The smallest absolute Gasteiger partial charge is 0.0643 e. The molecule has 1 unspecified atom stereocenters. The molecule has 2 N–H and O–H groups in total. The maximum Gasteiger partial charge on any atom is 0.0643 e. The van der Waals surface area contributed by atoms with Crippen molar-refractivity contribution in [1.82, 2.24) is 0 Å². The van der Waals surface area contributed by atoms with Crippen molar-refractivity contribution in [1.29, 1.82) is 0 Å². The normalized spacial score (nSPS) is 21.9. The molecule has 0 aliphatic heterocycles. The van der Waals surface area contributed by atoms with Gasteiger partial charge in [-0.3, -0.25) is 0 Å². The fraction of sp³-hybridized carbons (Fsp3) is 1.00. The van der Waals surface area contributed by atoms with E-state index in [1.807, 2.05) is 27.7 Å². The van der Waals surface area contributed by atoms with Gasteiger partial charge >= 0.3 is 0 Å². The van der Waals surface area contributed by atoms with Crippen LogP contribution in [0.3, 0.4) is 0 Å². The molecule has 0 bridgehead atoms. The number of rotatable bonds is 4. The summed E-state index contributed by atoms with van der Waals surface area (Å²) in [7, 11) is 0. The lowest BCUT2D eigenvalue weighted by Crippen LogP contribution is -2.43. The van der Waals surface area contributed by atoms with Gasteiger partial charge in [-0.05, 0) is 44.4 Å². The van der Waals surface area contributed by atoms with Crippen LogP contribution in [-0.4, -0.2) is 21.9 Å². The first-order chi connectivity index (χ1) is 6.24. The summed E-state index contributed by atoms with van der Waals surface area (Å²) in [4.78, 5) is 0. The van der Waals surface area contributed by atoms with Gasteiger partial charge in [0.05, 0.1) is 11.7 Å². The Morgan fingerprint density at radius 2 is 1.71 bits per heavy atom. The summed E-state index contributed by atoms with van der Waals surface area (Å²) >= 11 is 0. The SMILES string of the molecule is CC(C)(O)C(C)(C)CC(O)C1CCC1. The van der Waals surface area contributed by atoms with Crippen molar-refractivity contribution in [3.63, 3.8) is 0 Å². The monoisotopic (exact) mass is 200 g/mol. The van der Waals surface area contributed by atoms with Crippen molar-refractivity contribution in [3.8, 4) is 0 Å². The molecule has 0 saturated heterocycles. The highest BCUT2D eigenvalue weighted by Gasteiger charge is 2.39. The van der Waals surface area contributed by atoms with Crippen LogP contribution in [0.2, 0.25) is 0 Å². The van der Waals surface area contributed by atoms with Crippen LogP contribution >= 0.6 is 0 Å². The minimum atomic E-state index is -0.724. The Balaban J connectivity index is 2.49. The molecule has 1 aliphatic rings. The van der Waals surface area contributed by atoms with Crippen molar-refractivity contribution in [2.45, 2.75) is 65.1 Å². The molecule has 1 atom stereocenters. The average molecular weight is 200 g/mol. The van der Waals surface area contributed by atoms with Crippen LogP contribution in [0.5, 0.6) is 0 Å². The second-order valence-electron chi connectivity index (χ2n) is 5.91. The van der Waals surface area contributed by atoms with Gasteiger partial charge in [0.1, 0.15) is 0 Å². The fourth-order valence-electron chi connectivity index (χ4n) is 1.76. The van der Waals surface area contributed by atoms with Gasteiger partial charge < -0.3 is 10.2 Å². The van der Waals surface area contributed by atoms with E-state index in [1.165, 1.54) is 6.42 Å². The molecule has 2 nitrogen and oxygen atoms in total. The Labute approximate surface area is 87.3 Å². The zero-order chi connectivity index (χ0) is 11.0.